The van der Waals surface area contributed by atoms with Crippen LogP contribution in [0.5, 0.6) is 0 Å². The molecular formula is C11H20. The summed E-state index contributed by atoms with van der Waals surface area (Å²) in [5, 5.41) is 0. The van der Waals surface area contributed by atoms with Gasteiger partial charge in [-0.2, -0.15) is 0 Å². The van der Waals surface area contributed by atoms with Gasteiger partial charge in [-0.1, -0.05) is 45.4 Å². The van der Waals surface area contributed by atoms with Crippen LogP contribution >= 0.6 is 0 Å². The van der Waals surface area contributed by atoms with E-state index in [1.165, 1.54) is 25.7 Å². The van der Waals surface area contributed by atoms with E-state index in [2.05, 4.69) is 6.92 Å². The van der Waals surface area contributed by atoms with Crippen LogP contribution < -0.4 is 0 Å². The lowest BCUT2D eigenvalue weighted by atomic mass is 9.84. The molecule has 2 fully saturated rings. The molecule has 0 aromatic heterocycles. The molecule has 0 heterocycles. The van der Waals surface area contributed by atoms with Crippen molar-refractivity contribution >= 4 is 0 Å². The van der Waals surface area contributed by atoms with Crippen molar-refractivity contribution in [2.24, 2.45) is 17.8 Å². The van der Waals surface area contributed by atoms with E-state index in [0.717, 1.165) is 17.8 Å². The fraction of sp³-hybridized carbons (Fsp3) is 1.00. The van der Waals surface area contributed by atoms with Gasteiger partial charge in [0.2, 0.25) is 0 Å². The Hall–Kier alpha value is 0. The zero-order chi connectivity index (χ0) is 7.68. The summed E-state index contributed by atoms with van der Waals surface area (Å²) in [7, 11) is 0. The van der Waals surface area contributed by atoms with Gasteiger partial charge in [0.1, 0.15) is 0 Å². The molecule has 2 rings (SSSR count). The minimum absolute atomic E-state index is 1.05. The number of rotatable bonds is 1. The fourth-order valence-electron chi connectivity index (χ4n) is 3.26. The molecule has 0 aromatic carbocycles. The molecule has 0 radical (unpaired) electrons. The van der Waals surface area contributed by atoms with Crippen molar-refractivity contribution in [3.63, 3.8) is 0 Å². The topological polar surface area (TPSA) is 0 Å². The van der Waals surface area contributed by atoms with Crippen molar-refractivity contribution in [3.8, 4) is 0 Å². The monoisotopic (exact) mass is 152 g/mol. The molecule has 2 aliphatic rings. The molecule has 2 atom stereocenters. The standard InChI is InChI=1S/C11H20/c1-9-5-4-8-11(9)10-6-2-3-7-10/h9-11H,2-8H2,1H3/t9-,11+/m0/s1. The highest BCUT2D eigenvalue weighted by molar-refractivity contribution is 4.82. The first kappa shape index (κ1) is 7.64. The molecule has 0 aromatic rings. The van der Waals surface area contributed by atoms with Gasteiger partial charge in [-0.15, -0.1) is 0 Å². The minimum Gasteiger partial charge on any atom is -0.0622 e. The Labute approximate surface area is 70.4 Å². The molecular weight excluding hydrogens is 132 g/mol. The first-order valence-corrected chi connectivity index (χ1v) is 5.38. The molecule has 0 saturated heterocycles. The highest BCUT2D eigenvalue weighted by Crippen LogP contribution is 2.43. The fourth-order valence-corrected chi connectivity index (χ4v) is 3.26. The lowest BCUT2D eigenvalue weighted by Gasteiger charge is -2.22. The van der Waals surface area contributed by atoms with Crippen LogP contribution in [0.25, 0.3) is 0 Å². The van der Waals surface area contributed by atoms with Crippen LogP contribution in [-0.2, 0) is 0 Å². The van der Waals surface area contributed by atoms with Crippen molar-refractivity contribution in [3.05, 3.63) is 0 Å². The Morgan fingerprint density at radius 3 is 2.09 bits per heavy atom. The summed E-state index contributed by atoms with van der Waals surface area (Å²) < 4.78 is 0. The molecule has 0 amide bonds. The van der Waals surface area contributed by atoms with Crippen LogP contribution in [-0.4, -0.2) is 0 Å². The van der Waals surface area contributed by atoms with Crippen molar-refractivity contribution in [2.45, 2.75) is 51.9 Å². The van der Waals surface area contributed by atoms with E-state index in [9.17, 15) is 0 Å². The maximum atomic E-state index is 2.47. The molecule has 0 unspecified atom stereocenters. The van der Waals surface area contributed by atoms with Gasteiger partial charge in [-0.25, -0.2) is 0 Å². The molecule has 0 heteroatoms. The third kappa shape index (κ3) is 1.45. The van der Waals surface area contributed by atoms with E-state index in [0.29, 0.717) is 0 Å². The van der Waals surface area contributed by atoms with E-state index in [4.69, 9.17) is 0 Å². The third-order valence-corrected chi connectivity index (χ3v) is 3.93. The van der Waals surface area contributed by atoms with Gasteiger partial charge in [0, 0.05) is 0 Å². The van der Waals surface area contributed by atoms with E-state index >= 15 is 0 Å². The van der Waals surface area contributed by atoms with Gasteiger partial charge in [0.05, 0.1) is 0 Å². The quantitative estimate of drug-likeness (QED) is 0.538. The Bertz CT molecular complexity index is 122. The number of hydrogen-bond donors (Lipinski definition) is 0. The molecule has 0 bridgehead atoms. The molecule has 0 aliphatic heterocycles. The SMILES string of the molecule is C[C@H]1CCC[C@H]1C1CCCC1. The molecule has 0 N–H and O–H groups in total. The van der Waals surface area contributed by atoms with Gasteiger partial charge in [-0.05, 0) is 24.2 Å². The Morgan fingerprint density at radius 2 is 1.55 bits per heavy atom. The van der Waals surface area contributed by atoms with Gasteiger partial charge in [0.15, 0.2) is 0 Å². The maximum Gasteiger partial charge on any atom is -0.0360 e. The Balaban J connectivity index is 1.92. The summed E-state index contributed by atoms with van der Waals surface area (Å²) in [6.07, 6.45) is 10.7. The highest BCUT2D eigenvalue weighted by atomic mass is 14.4. The lowest BCUT2D eigenvalue weighted by Crippen LogP contribution is -2.13. The van der Waals surface area contributed by atoms with E-state index in [1.54, 1.807) is 19.3 Å². The molecule has 2 aliphatic carbocycles. The van der Waals surface area contributed by atoms with Crippen LogP contribution in [0, 0.1) is 17.8 Å². The summed E-state index contributed by atoms with van der Waals surface area (Å²) in [6.45, 7) is 2.47. The van der Waals surface area contributed by atoms with Gasteiger partial charge < -0.3 is 0 Å². The largest absolute Gasteiger partial charge is 0.0622 e. The van der Waals surface area contributed by atoms with Crippen molar-refractivity contribution in [1.29, 1.82) is 0 Å². The maximum absolute atomic E-state index is 2.47. The summed E-state index contributed by atoms with van der Waals surface area (Å²) in [6, 6.07) is 0. The van der Waals surface area contributed by atoms with Crippen LogP contribution in [0.4, 0.5) is 0 Å². The number of hydrogen-bond acceptors (Lipinski definition) is 0. The first-order valence-electron chi connectivity index (χ1n) is 5.38. The van der Waals surface area contributed by atoms with Crippen LogP contribution in [0.3, 0.4) is 0 Å². The zero-order valence-corrected chi connectivity index (χ0v) is 7.68. The average molecular weight is 152 g/mol. The Morgan fingerprint density at radius 1 is 0.818 bits per heavy atom. The minimum atomic E-state index is 1.05. The van der Waals surface area contributed by atoms with Crippen LogP contribution in [0.2, 0.25) is 0 Å². The normalized spacial score (nSPS) is 40.1. The van der Waals surface area contributed by atoms with Crippen LogP contribution in [0.15, 0.2) is 0 Å². The first-order chi connectivity index (χ1) is 5.38. The Kier molecular flexibility index (Phi) is 2.20. The molecule has 0 spiro atoms. The van der Waals surface area contributed by atoms with Gasteiger partial charge in [0.25, 0.3) is 0 Å². The second kappa shape index (κ2) is 3.16. The second-order valence-electron chi connectivity index (χ2n) is 4.62. The van der Waals surface area contributed by atoms with Gasteiger partial charge in [-0.3, -0.25) is 0 Å². The third-order valence-electron chi connectivity index (χ3n) is 3.93. The zero-order valence-electron chi connectivity index (χ0n) is 7.68. The smallest absolute Gasteiger partial charge is 0.0360 e. The van der Waals surface area contributed by atoms with Crippen molar-refractivity contribution in [2.75, 3.05) is 0 Å². The predicted molar refractivity (Wildman–Crippen MR) is 48.5 cm³/mol. The van der Waals surface area contributed by atoms with E-state index < -0.39 is 0 Å². The molecule has 11 heavy (non-hydrogen) atoms. The van der Waals surface area contributed by atoms with Gasteiger partial charge >= 0.3 is 0 Å². The predicted octanol–water partition coefficient (Wildman–Crippen LogP) is 3.61. The molecule has 0 nitrogen and oxygen atoms in total. The summed E-state index contributed by atoms with van der Waals surface area (Å²) in [4.78, 5) is 0. The summed E-state index contributed by atoms with van der Waals surface area (Å²) in [5.41, 5.74) is 0. The summed E-state index contributed by atoms with van der Waals surface area (Å²) in [5.74, 6) is 3.31. The van der Waals surface area contributed by atoms with E-state index in [-0.39, 0.29) is 0 Å². The van der Waals surface area contributed by atoms with E-state index in [1.807, 2.05) is 0 Å². The summed E-state index contributed by atoms with van der Waals surface area (Å²) >= 11 is 0. The lowest BCUT2D eigenvalue weighted by molar-refractivity contribution is 0.280. The molecule has 2 saturated carbocycles. The molecule has 64 valence electrons. The van der Waals surface area contributed by atoms with Crippen molar-refractivity contribution in [1.82, 2.24) is 0 Å². The van der Waals surface area contributed by atoms with Crippen LogP contribution in [0.1, 0.15) is 51.9 Å². The van der Waals surface area contributed by atoms with Crippen molar-refractivity contribution < 1.29 is 0 Å². The highest BCUT2D eigenvalue weighted by Gasteiger charge is 2.31. The second-order valence-corrected chi connectivity index (χ2v) is 4.62. The average Bonchev–Trinajstić information content (AvgIpc) is 2.55.